The number of anilines is 1. The van der Waals surface area contributed by atoms with Gasteiger partial charge in [0.05, 0.1) is 17.2 Å². The summed E-state index contributed by atoms with van der Waals surface area (Å²) in [4.78, 5) is 29.5. The highest BCUT2D eigenvalue weighted by Gasteiger charge is 2.34. The average Bonchev–Trinajstić information content (AvgIpc) is 3.03. The molecule has 0 radical (unpaired) electrons. The molecule has 236 valence electrons. The highest BCUT2D eigenvalue weighted by atomic mass is 79.9. The van der Waals surface area contributed by atoms with E-state index in [1.165, 1.54) is 18.6 Å². The molecule has 1 atom stereocenters. The van der Waals surface area contributed by atoms with Crippen molar-refractivity contribution in [1.82, 2.24) is 10.2 Å². The van der Waals surface area contributed by atoms with Gasteiger partial charge in [-0.3, -0.25) is 13.9 Å². The van der Waals surface area contributed by atoms with Crippen LogP contribution in [0.1, 0.15) is 57.9 Å². The molecular formula is C34H42BrN3O5S. The molecule has 3 aromatic carbocycles. The van der Waals surface area contributed by atoms with E-state index in [9.17, 15) is 18.0 Å². The molecule has 2 amide bonds. The molecule has 0 unspecified atom stereocenters. The highest BCUT2D eigenvalue weighted by molar-refractivity contribution is 9.10. The predicted molar refractivity (Wildman–Crippen MR) is 177 cm³/mol. The normalized spacial score (nSPS) is 14.4. The van der Waals surface area contributed by atoms with Crippen molar-refractivity contribution in [3.63, 3.8) is 0 Å². The van der Waals surface area contributed by atoms with Crippen LogP contribution < -0.4 is 14.4 Å². The Morgan fingerprint density at radius 1 is 0.932 bits per heavy atom. The average molecular weight is 685 g/mol. The van der Waals surface area contributed by atoms with Gasteiger partial charge in [0.1, 0.15) is 18.3 Å². The van der Waals surface area contributed by atoms with Crippen LogP contribution in [0.15, 0.2) is 88.2 Å². The molecule has 1 aliphatic carbocycles. The molecule has 0 aromatic heterocycles. The van der Waals surface area contributed by atoms with E-state index >= 15 is 0 Å². The zero-order valence-corrected chi connectivity index (χ0v) is 27.9. The van der Waals surface area contributed by atoms with E-state index in [4.69, 9.17) is 4.74 Å². The zero-order chi connectivity index (χ0) is 31.5. The number of benzene rings is 3. The molecular weight excluding hydrogens is 642 g/mol. The number of rotatable bonds is 14. The summed E-state index contributed by atoms with van der Waals surface area (Å²) in [6.45, 7) is 4.03. The van der Waals surface area contributed by atoms with Gasteiger partial charge in [-0.2, -0.15) is 0 Å². The number of hydrogen-bond acceptors (Lipinski definition) is 5. The van der Waals surface area contributed by atoms with Crippen LogP contribution in [0.2, 0.25) is 0 Å². The molecule has 0 heterocycles. The van der Waals surface area contributed by atoms with Gasteiger partial charge in [0.2, 0.25) is 11.8 Å². The third-order valence-electron chi connectivity index (χ3n) is 7.94. The van der Waals surface area contributed by atoms with Gasteiger partial charge in [-0.25, -0.2) is 8.42 Å². The smallest absolute Gasteiger partial charge is 0.264 e. The van der Waals surface area contributed by atoms with E-state index in [0.717, 1.165) is 40.0 Å². The van der Waals surface area contributed by atoms with Gasteiger partial charge in [-0.05, 0) is 86.7 Å². The van der Waals surface area contributed by atoms with Crippen molar-refractivity contribution in [2.24, 2.45) is 0 Å². The monoisotopic (exact) mass is 683 g/mol. The predicted octanol–water partition coefficient (Wildman–Crippen LogP) is 6.34. The fourth-order valence-electron chi connectivity index (χ4n) is 5.58. The van der Waals surface area contributed by atoms with Crippen molar-refractivity contribution < 1.29 is 22.7 Å². The maximum atomic E-state index is 14.3. The maximum absolute atomic E-state index is 14.3. The van der Waals surface area contributed by atoms with Gasteiger partial charge in [0.25, 0.3) is 10.0 Å². The highest BCUT2D eigenvalue weighted by Crippen LogP contribution is 2.27. The van der Waals surface area contributed by atoms with Gasteiger partial charge < -0.3 is 15.0 Å². The topological polar surface area (TPSA) is 96.0 Å². The molecule has 10 heteroatoms. The lowest BCUT2D eigenvalue weighted by atomic mass is 9.95. The van der Waals surface area contributed by atoms with E-state index in [-0.39, 0.29) is 23.4 Å². The van der Waals surface area contributed by atoms with E-state index in [1.807, 2.05) is 44.2 Å². The Morgan fingerprint density at radius 3 is 2.20 bits per heavy atom. The lowest BCUT2D eigenvalue weighted by Crippen LogP contribution is -2.54. The van der Waals surface area contributed by atoms with Crippen LogP contribution in [0.25, 0.3) is 0 Å². The first-order chi connectivity index (χ1) is 21.2. The molecule has 1 fully saturated rings. The summed E-state index contributed by atoms with van der Waals surface area (Å²) >= 11 is 3.36. The molecule has 0 bridgehead atoms. The first-order valence-electron chi connectivity index (χ1n) is 15.4. The van der Waals surface area contributed by atoms with E-state index in [2.05, 4.69) is 21.2 Å². The Hall–Kier alpha value is -3.37. The quantitative estimate of drug-likeness (QED) is 0.214. The molecule has 4 rings (SSSR count). The van der Waals surface area contributed by atoms with Crippen LogP contribution in [0.5, 0.6) is 5.75 Å². The number of sulfonamides is 1. The first-order valence-corrected chi connectivity index (χ1v) is 17.6. The number of carbonyl (C=O) groups excluding carboxylic acids is 2. The molecule has 1 saturated carbocycles. The number of amides is 2. The second-order valence-corrected chi connectivity index (χ2v) is 13.8. The second kappa shape index (κ2) is 16.1. The lowest BCUT2D eigenvalue weighted by molar-refractivity contribution is -0.140. The Kier molecular flexibility index (Phi) is 12.3. The lowest BCUT2D eigenvalue weighted by Gasteiger charge is -2.34. The van der Waals surface area contributed by atoms with Crippen LogP contribution in [0, 0.1) is 0 Å². The molecule has 0 spiro atoms. The summed E-state index contributed by atoms with van der Waals surface area (Å²) in [7, 11) is -4.14. The van der Waals surface area contributed by atoms with Crippen molar-refractivity contribution in [3.05, 3.63) is 88.9 Å². The fraction of sp³-hybridized carbons (Fsp3) is 0.412. The summed E-state index contributed by atoms with van der Waals surface area (Å²) in [5, 5.41) is 3.18. The number of hydrogen-bond donors (Lipinski definition) is 1. The van der Waals surface area contributed by atoms with Crippen molar-refractivity contribution in [2.75, 3.05) is 24.0 Å². The first kappa shape index (κ1) is 33.5. The van der Waals surface area contributed by atoms with Crippen molar-refractivity contribution in [1.29, 1.82) is 0 Å². The van der Waals surface area contributed by atoms with Gasteiger partial charge in [0.15, 0.2) is 0 Å². The van der Waals surface area contributed by atoms with Gasteiger partial charge in [-0.1, -0.05) is 72.4 Å². The minimum Gasteiger partial charge on any atom is -0.494 e. The van der Waals surface area contributed by atoms with Crippen LogP contribution in [-0.2, 0) is 26.0 Å². The molecule has 8 nitrogen and oxygen atoms in total. The molecule has 0 saturated heterocycles. The minimum absolute atomic E-state index is 0.0558. The third-order valence-corrected chi connectivity index (χ3v) is 10.3. The van der Waals surface area contributed by atoms with Crippen LogP contribution in [0.4, 0.5) is 5.69 Å². The molecule has 0 aliphatic heterocycles. The molecule has 3 aromatic rings. The molecule has 44 heavy (non-hydrogen) atoms. The summed E-state index contributed by atoms with van der Waals surface area (Å²) in [6.07, 6.45) is 6.10. The van der Waals surface area contributed by atoms with Gasteiger partial charge >= 0.3 is 0 Å². The van der Waals surface area contributed by atoms with Gasteiger partial charge in [0, 0.05) is 17.1 Å². The number of carbonyl (C=O) groups is 2. The SMILES string of the molecule is CCOc1ccc(N(CC(=O)N(CCc2ccccc2)[C@H](CC)C(=O)NC2CCCCC2)S(=O)(=O)c2ccc(Br)cc2)cc1. The van der Waals surface area contributed by atoms with E-state index in [1.54, 1.807) is 41.3 Å². The summed E-state index contributed by atoms with van der Waals surface area (Å²) in [6, 6.07) is 22.1. The molecule has 1 N–H and O–H groups in total. The molecule has 1 aliphatic rings. The van der Waals surface area contributed by atoms with E-state index in [0.29, 0.717) is 30.9 Å². The fourth-order valence-corrected chi connectivity index (χ4v) is 7.26. The van der Waals surface area contributed by atoms with Gasteiger partial charge in [-0.15, -0.1) is 0 Å². The second-order valence-electron chi connectivity index (χ2n) is 11.0. The summed E-state index contributed by atoms with van der Waals surface area (Å²) < 4.78 is 35.5. The summed E-state index contributed by atoms with van der Waals surface area (Å²) in [5.41, 5.74) is 1.35. The summed E-state index contributed by atoms with van der Waals surface area (Å²) in [5.74, 6) is -0.0381. The van der Waals surface area contributed by atoms with Crippen LogP contribution in [-0.4, -0.2) is 56.9 Å². The zero-order valence-electron chi connectivity index (χ0n) is 25.5. The van der Waals surface area contributed by atoms with Crippen molar-refractivity contribution in [2.45, 2.75) is 75.8 Å². The number of halogens is 1. The van der Waals surface area contributed by atoms with E-state index < -0.39 is 28.5 Å². The Bertz CT molecular complexity index is 1460. The number of nitrogens with one attached hydrogen (secondary N) is 1. The standard InChI is InChI=1S/C34H42BrN3O5S/c1-3-32(34(40)36-28-13-9-6-10-14-28)37(24-23-26-11-7-5-8-12-26)33(39)25-38(29-17-19-30(20-18-29)43-4-2)44(41,42)31-21-15-27(35)16-22-31/h5,7-8,11-12,15-22,28,32H,3-4,6,9-10,13-14,23-25H2,1-2H3,(H,36,40)/t32-/m1/s1. The van der Waals surface area contributed by atoms with Crippen molar-refractivity contribution in [3.8, 4) is 5.75 Å². The Balaban J connectivity index is 1.67. The van der Waals surface area contributed by atoms with Crippen LogP contribution in [0.3, 0.4) is 0 Å². The number of ether oxygens (including phenoxy) is 1. The Labute approximate surface area is 270 Å². The maximum Gasteiger partial charge on any atom is 0.264 e. The van der Waals surface area contributed by atoms with Crippen LogP contribution >= 0.6 is 15.9 Å². The Morgan fingerprint density at radius 2 is 1.59 bits per heavy atom. The largest absolute Gasteiger partial charge is 0.494 e. The minimum atomic E-state index is -4.14. The van der Waals surface area contributed by atoms with Crippen molar-refractivity contribution >= 4 is 43.5 Å². The number of nitrogens with zero attached hydrogens (tertiary/aromatic N) is 2. The third kappa shape index (κ3) is 8.85.